The van der Waals surface area contributed by atoms with Gasteiger partial charge < -0.3 is 10.5 Å². The maximum atomic E-state index is 5.30. The third-order valence-electron chi connectivity index (χ3n) is 1.66. The molecule has 0 atom stereocenters. The minimum atomic E-state index is 0.120. The minimum Gasteiger partial charge on any atom is -0.480 e. The summed E-state index contributed by atoms with van der Waals surface area (Å²) in [6, 6.07) is 5.47. The molecular formula is C11H10BrN3OS. The summed E-state index contributed by atoms with van der Waals surface area (Å²) in [5.74, 6) is 3.08. The Morgan fingerprint density at radius 3 is 3.06 bits per heavy atom. The van der Waals surface area contributed by atoms with Gasteiger partial charge in [-0.1, -0.05) is 5.92 Å². The van der Waals surface area contributed by atoms with Crippen molar-refractivity contribution in [2.75, 3.05) is 6.61 Å². The molecule has 3 N–H and O–H groups in total. The zero-order chi connectivity index (χ0) is 12.7. The van der Waals surface area contributed by atoms with Gasteiger partial charge in [0, 0.05) is 0 Å². The average Bonchev–Trinajstić information content (AvgIpc) is 2.27. The molecular weight excluding hydrogens is 302 g/mol. The fraction of sp³-hybridized carbons (Fsp3) is 0.0909. The van der Waals surface area contributed by atoms with Crippen molar-refractivity contribution in [1.29, 1.82) is 0 Å². The second kappa shape index (κ2) is 6.89. The van der Waals surface area contributed by atoms with E-state index in [-0.39, 0.29) is 11.7 Å². The van der Waals surface area contributed by atoms with E-state index in [2.05, 4.69) is 44.6 Å². The van der Waals surface area contributed by atoms with Gasteiger partial charge in [0.25, 0.3) is 0 Å². The maximum absolute atomic E-state index is 5.30. The number of nitrogens with one attached hydrogen (secondary N) is 1. The topological polar surface area (TPSA) is 59.6 Å². The van der Waals surface area contributed by atoms with Gasteiger partial charge in [-0.25, -0.2) is 0 Å². The van der Waals surface area contributed by atoms with E-state index >= 15 is 0 Å². The largest absolute Gasteiger partial charge is 0.480 e. The summed E-state index contributed by atoms with van der Waals surface area (Å²) in [7, 11) is 0. The summed E-state index contributed by atoms with van der Waals surface area (Å²) in [6.07, 6.45) is 6.70. The van der Waals surface area contributed by atoms with Crippen LogP contribution in [0.2, 0.25) is 0 Å². The molecule has 0 saturated heterocycles. The van der Waals surface area contributed by atoms with E-state index in [1.165, 1.54) is 0 Å². The zero-order valence-corrected chi connectivity index (χ0v) is 11.2. The highest BCUT2D eigenvalue weighted by atomic mass is 79.9. The number of hydrogen-bond donors (Lipinski definition) is 2. The summed E-state index contributed by atoms with van der Waals surface area (Å²) < 4.78 is 6.10. The number of hydrogen-bond acceptors (Lipinski definition) is 3. The predicted molar refractivity (Wildman–Crippen MR) is 76.0 cm³/mol. The highest BCUT2D eigenvalue weighted by Crippen LogP contribution is 2.25. The fourth-order valence-electron chi connectivity index (χ4n) is 1.00. The molecule has 0 aromatic heterocycles. The van der Waals surface area contributed by atoms with Crippen LogP contribution in [-0.4, -0.2) is 17.9 Å². The van der Waals surface area contributed by atoms with Crippen molar-refractivity contribution in [3.8, 4) is 18.1 Å². The van der Waals surface area contributed by atoms with Gasteiger partial charge in [0.1, 0.15) is 12.4 Å². The maximum Gasteiger partial charge on any atom is 0.184 e. The first-order valence-corrected chi connectivity index (χ1v) is 5.78. The molecule has 0 radical (unpaired) electrons. The summed E-state index contributed by atoms with van der Waals surface area (Å²) in [6.45, 7) is 0.231. The van der Waals surface area contributed by atoms with Gasteiger partial charge in [-0.3, -0.25) is 5.43 Å². The summed E-state index contributed by atoms with van der Waals surface area (Å²) in [4.78, 5) is 0. The van der Waals surface area contributed by atoms with Gasteiger partial charge in [-0.2, -0.15) is 5.10 Å². The minimum absolute atomic E-state index is 0.120. The van der Waals surface area contributed by atoms with Crippen molar-refractivity contribution in [1.82, 2.24) is 5.43 Å². The molecule has 0 fully saturated rings. The van der Waals surface area contributed by atoms with Crippen LogP contribution in [0.4, 0.5) is 0 Å². The second-order valence-corrected chi connectivity index (χ2v) is 4.21. The first kappa shape index (κ1) is 13.5. The Hall–Kier alpha value is -1.58. The van der Waals surface area contributed by atoms with E-state index in [1.807, 2.05) is 12.1 Å². The number of benzene rings is 1. The number of hydrazone groups is 1. The van der Waals surface area contributed by atoms with Crippen molar-refractivity contribution in [3.63, 3.8) is 0 Å². The van der Waals surface area contributed by atoms with E-state index in [0.29, 0.717) is 5.75 Å². The third kappa shape index (κ3) is 4.85. The van der Waals surface area contributed by atoms with Gasteiger partial charge in [0.15, 0.2) is 5.11 Å². The molecule has 1 aromatic rings. The lowest BCUT2D eigenvalue weighted by atomic mass is 10.2. The lowest BCUT2D eigenvalue weighted by Crippen LogP contribution is -2.23. The summed E-state index contributed by atoms with van der Waals surface area (Å²) >= 11 is 7.98. The van der Waals surface area contributed by atoms with Crippen LogP contribution in [-0.2, 0) is 0 Å². The Morgan fingerprint density at radius 2 is 2.47 bits per heavy atom. The van der Waals surface area contributed by atoms with E-state index in [1.54, 1.807) is 12.3 Å². The molecule has 17 heavy (non-hydrogen) atoms. The molecule has 0 aliphatic rings. The lowest BCUT2D eigenvalue weighted by Gasteiger charge is -2.05. The quantitative estimate of drug-likeness (QED) is 0.384. The summed E-state index contributed by atoms with van der Waals surface area (Å²) in [5, 5.41) is 3.96. The first-order valence-electron chi connectivity index (χ1n) is 4.58. The van der Waals surface area contributed by atoms with Crippen LogP contribution in [0, 0.1) is 12.3 Å². The standard InChI is InChI=1S/C11H10BrN3OS/c1-2-5-16-10-4-3-8(6-9(10)12)7-14-15-11(13)17/h1,3-4,6-7H,5H2,(H3,13,15,17). The number of rotatable bonds is 4. The van der Waals surface area contributed by atoms with Gasteiger partial charge in [0.2, 0.25) is 0 Å². The molecule has 0 bridgehead atoms. The highest BCUT2D eigenvalue weighted by molar-refractivity contribution is 9.10. The molecule has 6 heteroatoms. The smallest absolute Gasteiger partial charge is 0.184 e. The molecule has 4 nitrogen and oxygen atoms in total. The number of nitrogens with zero attached hydrogens (tertiary/aromatic N) is 1. The molecule has 1 rings (SSSR count). The Balaban J connectivity index is 2.72. The van der Waals surface area contributed by atoms with Crippen molar-refractivity contribution < 1.29 is 4.74 Å². The molecule has 0 spiro atoms. The van der Waals surface area contributed by atoms with E-state index in [4.69, 9.17) is 16.9 Å². The Bertz CT molecular complexity index is 482. The van der Waals surface area contributed by atoms with Crippen LogP contribution >= 0.6 is 28.1 Å². The Kier molecular flexibility index (Phi) is 5.46. The van der Waals surface area contributed by atoms with Gasteiger partial charge in [-0.05, 0) is 51.9 Å². The lowest BCUT2D eigenvalue weighted by molar-refractivity contribution is 0.368. The van der Waals surface area contributed by atoms with Gasteiger partial charge in [-0.15, -0.1) is 6.42 Å². The van der Waals surface area contributed by atoms with Gasteiger partial charge in [0.05, 0.1) is 10.7 Å². The number of ether oxygens (including phenoxy) is 1. The Labute approximate surface area is 113 Å². The normalized spacial score (nSPS) is 9.88. The number of nitrogens with two attached hydrogens (primary N) is 1. The average molecular weight is 312 g/mol. The molecule has 0 amide bonds. The number of halogens is 1. The zero-order valence-electron chi connectivity index (χ0n) is 8.81. The molecule has 0 aliphatic heterocycles. The van der Waals surface area contributed by atoms with Crippen LogP contribution < -0.4 is 15.9 Å². The molecule has 0 aliphatic carbocycles. The van der Waals surface area contributed by atoms with Crippen LogP contribution in [0.25, 0.3) is 0 Å². The molecule has 0 saturated carbocycles. The van der Waals surface area contributed by atoms with Crippen LogP contribution in [0.15, 0.2) is 27.8 Å². The van der Waals surface area contributed by atoms with E-state index in [9.17, 15) is 0 Å². The molecule has 1 aromatic carbocycles. The monoisotopic (exact) mass is 311 g/mol. The SMILES string of the molecule is C#CCOc1ccc(C=NNC(N)=S)cc1Br. The fourth-order valence-corrected chi connectivity index (χ4v) is 1.57. The van der Waals surface area contributed by atoms with E-state index < -0.39 is 0 Å². The van der Waals surface area contributed by atoms with Crippen molar-refractivity contribution in [2.45, 2.75) is 0 Å². The number of thiocarbonyl (C=S) groups is 1. The van der Waals surface area contributed by atoms with Crippen LogP contribution in [0.5, 0.6) is 5.75 Å². The van der Waals surface area contributed by atoms with Crippen LogP contribution in [0.3, 0.4) is 0 Å². The first-order chi connectivity index (χ1) is 8.13. The Morgan fingerprint density at radius 1 is 1.71 bits per heavy atom. The van der Waals surface area contributed by atoms with Crippen molar-refractivity contribution in [2.24, 2.45) is 10.8 Å². The van der Waals surface area contributed by atoms with Crippen molar-refractivity contribution >= 4 is 39.5 Å². The summed E-state index contributed by atoms with van der Waals surface area (Å²) in [5.41, 5.74) is 8.56. The van der Waals surface area contributed by atoms with Gasteiger partial charge >= 0.3 is 0 Å². The second-order valence-electron chi connectivity index (χ2n) is 2.92. The molecule has 0 heterocycles. The third-order valence-corrected chi connectivity index (χ3v) is 2.37. The highest BCUT2D eigenvalue weighted by Gasteiger charge is 2.00. The van der Waals surface area contributed by atoms with Crippen LogP contribution in [0.1, 0.15) is 5.56 Å². The van der Waals surface area contributed by atoms with E-state index in [0.717, 1.165) is 10.0 Å². The molecule has 88 valence electrons. The molecule has 0 unspecified atom stereocenters. The predicted octanol–water partition coefficient (Wildman–Crippen LogP) is 1.63. The number of terminal acetylenes is 1. The van der Waals surface area contributed by atoms with Crippen molar-refractivity contribution in [3.05, 3.63) is 28.2 Å².